The van der Waals surface area contributed by atoms with Gasteiger partial charge in [0, 0.05) is 27.7 Å². The van der Waals surface area contributed by atoms with E-state index in [9.17, 15) is 23.5 Å². The molecule has 1 unspecified atom stereocenters. The van der Waals surface area contributed by atoms with E-state index in [2.05, 4.69) is 0 Å². The first-order valence-corrected chi connectivity index (χ1v) is 10.8. The number of nitrogens with zero attached hydrogens (tertiary/aromatic N) is 1. The molecule has 1 amide bonds. The van der Waals surface area contributed by atoms with E-state index >= 15 is 0 Å². The normalized spacial score (nSPS) is 15.8. The molecule has 2 heterocycles. The Kier molecular flexibility index (Phi) is 5.53. The zero-order valence-corrected chi connectivity index (χ0v) is 18.8. The van der Waals surface area contributed by atoms with E-state index in [0.29, 0.717) is 10.4 Å². The third kappa shape index (κ3) is 3.72. The van der Waals surface area contributed by atoms with Gasteiger partial charge in [0.2, 0.25) is 5.78 Å². The molecule has 3 aromatic carbocycles. The zero-order chi connectivity index (χ0) is 24.9. The molecule has 4 aromatic rings. The van der Waals surface area contributed by atoms with Crippen LogP contribution in [0.5, 0.6) is 5.75 Å². The molecular formula is C26H16ClF2NO5. The van der Waals surface area contributed by atoms with Crippen molar-refractivity contribution in [1.29, 1.82) is 0 Å². The number of Topliss-reactive ketones (excluding diaryl/α,β-unsaturated/α-hetero) is 1. The van der Waals surface area contributed by atoms with Crippen molar-refractivity contribution in [3.8, 4) is 5.75 Å². The first kappa shape index (κ1) is 22.6. The number of carbonyl (C=O) groups excluding carboxylic acids is 2. The van der Waals surface area contributed by atoms with Gasteiger partial charge in [0.1, 0.15) is 11.6 Å². The Morgan fingerprint density at radius 3 is 2.57 bits per heavy atom. The number of benzene rings is 3. The number of methoxy groups -OCH3 is 1. The Labute approximate surface area is 202 Å². The Hall–Kier alpha value is -4.17. The second-order valence-electron chi connectivity index (χ2n) is 7.81. The average molecular weight is 496 g/mol. The van der Waals surface area contributed by atoms with E-state index in [1.165, 1.54) is 55.6 Å². The highest BCUT2D eigenvalue weighted by atomic mass is 35.5. The van der Waals surface area contributed by atoms with E-state index in [1.54, 1.807) is 6.07 Å². The number of hydrogen-bond donors (Lipinski definition) is 1. The van der Waals surface area contributed by atoms with Crippen molar-refractivity contribution in [3.63, 3.8) is 0 Å². The molecule has 0 saturated heterocycles. The number of aliphatic hydroxyl groups excluding tert-OH is 1. The van der Waals surface area contributed by atoms with Crippen LogP contribution < -0.4 is 9.64 Å². The summed E-state index contributed by atoms with van der Waals surface area (Å²) in [5, 5.41) is 11.6. The molecule has 0 spiro atoms. The molecule has 6 nitrogen and oxygen atoms in total. The monoisotopic (exact) mass is 495 g/mol. The van der Waals surface area contributed by atoms with Gasteiger partial charge in [-0.05, 0) is 36.4 Å². The molecule has 5 rings (SSSR count). The summed E-state index contributed by atoms with van der Waals surface area (Å²) < 4.78 is 39.9. The molecule has 0 saturated carbocycles. The van der Waals surface area contributed by atoms with Crippen LogP contribution in [0.2, 0.25) is 5.02 Å². The number of carbonyl (C=O) groups is 2. The van der Waals surface area contributed by atoms with Gasteiger partial charge < -0.3 is 14.3 Å². The Balaban J connectivity index is 1.69. The van der Waals surface area contributed by atoms with Crippen molar-refractivity contribution < 1.29 is 32.6 Å². The molecule has 0 bridgehead atoms. The number of fused-ring (bicyclic) bond motifs is 1. The molecule has 0 radical (unpaired) electrons. The number of halogens is 3. The van der Waals surface area contributed by atoms with Crippen LogP contribution in [0.3, 0.4) is 0 Å². The second-order valence-corrected chi connectivity index (χ2v) is 8.24. The number of ether oxygens (including phenoxy) is 1. The lowest BCUT2D eigenvalue weighted by atomic mass is 9.94. The van der Waals surface area contributed by atoms with Crippen molar-refractivity contribution in [2.45, 2.75) is 6.04 Å². The molecular weight excluding hydrogens is 480 g/mol. The SMILES string of the molecule is COc1cc(Cl)cc2cc(C(=O)C3=C(O)C(=O)N(c4cccc(F)c4)C3c3ccccc3F)oc12. The van der Waals surface area contributed by atoms with Gasteiger partial charge in [0.25, 0.3) is 5.91 Å². The topological polar surface area (TPSA) is 80.0 Å². The number of furan rings is 1. The third-order valence-corrected chi connectivity index (χ3v) is 5.95. The third-order valence-electron chi connectivity index (χ3n) is 5.73. The van der Waals surface area contributed by atoms with Crippen LogP contribution in [-0.2, 0) is 4.79 Å². The predicted molar refractivity (Wildman–Crippen MR) is 125 cm³/mol. The van der Waals surface area contributed by atoms with Gasteiger partial charge >= 0.3 is 0 Å². The summed E-state index contributed by atoms with van der Waals surface area (Å²) in [5.41, 5.74) is -0.201. The highest BCUT2D eigenvalue weighted by molar-refractivity contribution is 6.31. The maximum atomic E-state index is 14.9. The van der Waals surface area contributed by atoms with E-state index in [1.807, 2.05) is 0 Å². The van der Waals surface area contributed by atoms with Crippen LogP contribution in [0.1, 0.15) is 22.2 Å². The minimum Gasteiger partial charge on any atom is -0.503 e. The van der Waals surface area contributed by atoms with Gasteiger partial charge in [-0.3, -0.25) is 14.5 Å². The lowest BCUT2D eigenvalue weighted by Gasteiger charge is -2.27. The molecule has 1 atom stereocenters. The summed E-state index contributed by atoms with van der Waals surface area (Å²) in [4.78, 5) is 27.7. The fraction of sp³-hybridized carbons (Fsp3) is 0.0769. The summed E-state index contributed by atoms with van der Waals surface area (Å²) in [5.74, 6) is -4.04. The van der Waals surface area contributed by atoms with Crippen LogP contribution in [-0.4, -0.2) is 23.9 Å². The first-order chi connectivity index (χ1) is 16.8. The Bertz CT molecular complexity index is 1540. The smallest absolute Gasteiger partial charge is 0.294 e. The molecule has 35 heavy (non-hydrogen) atoms. The number of amides is 1. The molecule has 1 aliphatic rings. The molecule has 1 N–H and O–H groups in total. The maximum absolute atomic E-state index is 14.9. The number of anilines is 1. The van der Waals surface area contributed by atoms with Gasteiger partial charge in [-0.25, -0.2) is 8.78 Å². The summed E-state index contributed by atoms with van der Waals surface area (Å²) in [7, 11) is 1.41. The standard InChI is InChI=1S/C26H16ClF2NO5/c1-34-20-11-14(27)9-13-10-19(35-25(13)20)23(31)21-22(17-7-2-3-8-18(17)29)30(26(33)24(21)32)16-6-4-5-15(28)12-16/h2-12,22,32H,1H3. The summed E-state index contributed by atoms with van der Waals surface area (Å²) in [6.07, 6.45) is 0. The first-order valence-electron chi connectivity index (χ1n) is 10.4. The molecule has 1 aromatic heterocycles. The van der Waals surface area contributed by atoms with Gasteiger partial charge in [0.15, 0.2) is 22.9 Å². The van der Waals surface area contributed by atoms with Gasteiger partial charge in [-0.1, -0.05) is 35.9 Å². The number of rotatable bonds is 5. The van der Waals surface area contributed by atoms with Crippen LogP contribution in [0, 0.1) is 11.6 Å². The van der Waals surface area contributed by atoms with Gasteiger partial charge in [-0.15, -0.1) is 0 Å². The highest BCUT2D eigenvalue weighted by Crippen LogP contribution is 2.43. The van der Waals surface area contributed by atoms with Crippen LogP contribution >= 0.6 is 11.6 Å². The van der Waals surface area contributed by atoms with Crippen molar-refractivity contribution in [3.05, 3.63) is 106 Å². The summed E-state index contributed by atoms with van der Waals surface area (Å²) in [6, 6.07) is 13.6. The summed E-state index contributed by atoms with van der Waals surface area (Å²) >= 11 is 6.10. The van der Waals surface area contributed by atoms with E-state index < -0.39 is 40.7 Å². The van der Waals surface area contributed by atoms with E-state index in [4.69, 9.17) is 20.8 Å². The van der Waals surface area contributed by atoms with Gasteiger partial charge in [0.05, 0.1) is 18.7 Å². The van der Waals surface area contributed by atoms with Gasteiger partial charge in [-0.2, -0.15) is 0 Å². The van der Waals surface area contributed by atoms with Crippen molar-refractivity contribution in [1.82, 2.24) is 0 Å². The largest absolute Gasteiger partial charge is 0.503 e. The number of hydrogen-bond acceptors (Lipinski definition) is 5. The zero-order valence-electron chi connectivity index (χ0n) is 18.1. The van der Waals surface area contributed by atoms with Crippen LogP contribution in [0.15, 0.2) is 82.5 Å². The Morgan fingerprint density at radius 1 is 1.09 bits per heavy atom. The number of ketones is 1. The van der Waals surface area contributed by atoms with Crippen molar-refractivity contribution in [2.75, 3.05) is 12.0 Å². The fourth-order valence-electron chi connectivity index (χ4n) is 4.20. The maximum Gasteiger partial charge on any atom is 0.294 e. The highest BCUT2D eigenvalue weighted by Gasteiger charge is 2.46. The lowest BCUT2D eigenvalue weighted by Crippen LogP contribution is -2.31. The molecule has 0 aliphatic carbocycles. The Morgan fingerprint density at radius 2 is 1.86 bits per heavy atom. The van der Waals surface area contributed by atoms with E-state index in [-0.39, 0.29) is 28.3 Å². The molecule has 0 fully saturated rings. The summed E-state index contributed by atoms with van der Waals surface area (Å²) in [6.45, 7) is 0. The van der Waals surface area contributed by atoms with Crippen molar-refractivity contribution >= 4 is 39.9 Å². The quantitative estimate of drug-likeness (QED) is 0.336. The lowest BCUT2D eigenvalue weighted by molar-refractivity contribution is -0.117. The fourth-order valence-corrected chi connectivity index (χ4v) is 4.42. The molecule has 9 heteroatoms. The predicted octanol–water partition coefficient (Wildman–Crippen LogP) is 6.16. The van der Waals surface area contributed by atoms with E-state index in [0.717, 1.165) is 17.0 Å². The minimum atomic E-state index is -1.38. The second kappa shape index (κ2) is 8.56. The van der Waals surface area contributed by atoms with Crippen LogP contribution in [0.4, 0.5) is 14.5 Å². The molecule has 1 aliphatic heterocycles. The van der Waals surface area contributed by atoms with Crippen LogP contribution in [0.25, 0.3) is 11.0 Å². The van der Waals surface area contributed by atoms with Crippen molar-refractivity contribution in [2.24, 2.45) is 0 Å². The average Bonchev–Trinajstić information content (AvgIpc) is 3.37. The molecule has 176 valence electrons. The number of aliphatic hydroxyl groups is 1. The minimum absolute atomic E-state index is 0.0376.